The maximum absolute atomic E-state index is 11.9. The van der Waals surface area contributed by atoms with Gasteiger partial charge in [0.15, 0.2) is 0 Å². The van der Waals surface area contributed by atoms with Crippen LogP contribution in [-0.2, 0) is 11.2 Å². The van der Waals surface area contributed by atoms with Gasteiger partial charge in [0.1, 0.15) is 0 Å². The van der Waals surface area contributed by atoms with Crippen molar-refractivity contribution in [2.24, 2.45) is 5.92 Å². The molecule has 1 aromatic carbocycles. The molecule has 1 atom stereocenters. The molecule has 0 saturated heterocycles. The Morgan fingerprint density at radius 1 is 1.50 bits per heavy atom. The number of benzene rings is 1. The highest BCUT2D eigenvalue weighted by atomic mass is 16.6. The Morgan fingerprint density at radius 2 is 2.30 bits per heavy atom. The number of nitrogens with zero attached hydrogens (tertiary/aromatic N) is 1. The molecule has 0 bridgehead atoms. The number of rotatable bonds is 5. The Kier molecular flexibility index (Phi) is 4.50. The molecule has 106 valence electrons. The van der Waals surface area contributed by atoms with Crippen LogP contribution in [0, 0.1) is 16.0 Å². The van der Waals surface area contributed by atoms with Gasteiger partial charge in [0.2, 0.25) is 5.91 Å². The van der Waals surface area contributed by atoms with Gasteiger partial charge in [-0.3, -0.25) is 14.9 Å². The summed E-state index contributed by atoms with van der Waals surface area (Å²) in [5.41, 5.74) is 1.22. The second-order valence-electron chi connectivity index (χ2n) is 4.97. The number of carbonyl (C=O) groups is 1. The molecule has 1 aliphatic rings. The van der Waals surface area contributed by atoms with Crippen molar-refractivity contribution in [1.82, 2.24) is 0 Å². The predicted molar refractivity (Wildman–Crippen MR) is 77.6 cm³/mol. The molecule has 0 spiro atoms. The highest BCUT2D eigenvalue weighted by Crippen LogP contribution is 2.25. The van der Waals surface area contributed by atoms with Crippen molar-refractivity contribution in [2.75, 3.05) is 5.32 Å². The Morgan fingerprint density at radius 3 is 2.90 bits per heavy atom. The molecule has 5 heteroatoms. The fourth-order valence-corrected chi connectivity index (χ4v) is 2.43. The Bertz CT molecular complexity index is 552. The number of allylic oxidation sites excluding steroid dienone is 2. The van der Waals surface area contributed by atoms with E-state index in [-0.39, 0.29) is 11.6 Å². The van der Waals surface area contributed by atoms with E-state index in [9.17, 15) is 14.9 Å². The van der Waals surface area contributed by atoms with Gasteiger partial charge in [-0.2, -0.15) is 0 Å². The summed E-state index contributed by atoms with van der Waals surface area (Å²) in [7, 11) is 0. The van der Waals surface area contributed by atoms with Gasteiger partial charge < -0.3 is 5.32 Å². The van der Waals surface area contributed by atoms with Gasteiger partial charge in [-0.15, -0.1) is 0 Å². The molecule has 0 fully saturated rings. The molecule has 1 unspecified atom stereocenters. The molecule has 1 aromatic rings. The van der Waals surface area contributed by atoms with Crippen molar-refractivity contribution in [2.45, 2.75) is 32.6 Å². The van der Waals surface area contributed by atoms with Crippen molar-refractivity contribution in [1.29, 1.82) is 0 Å². The molecule has 2 rings (SSSR count). The third-order valence-corrected chi connectivity index (χ3v) is 3.51. The van der Waals surface area contributed by atoms with E-state index in [0.717, 1.165) is 12.8 Å². The van der Waals surface area contributed by atoms with Crippen LogP contribution in [0.2, 0.25) is 0 Å². The van der Waals surface area contributed by atoms with E-state index >= 15 is 0 Å². The van der Waals surface area contributed by atoms with Crippen molar-refractivity contribution in [3.8, 4) is 0 Å². The van der Waals surface area contributed by atoms with Crippen LogP contribution in [0.5, 0.6) is 0 Å². The molecular weight excluding hydrogens is 256 g/mol. The lowest BCUT2D eigenvalue weighted by Crippen LogP contribution is -2.15. The quantitative estimate of drug-likeness (QED) is 0.507. The Hall–Kier alpha value is -2.17. The highest BCUT2D eigenvalue weighted by Gasteiger charge is 2.16. The zero-order valence-corrected chi connectivity index (χ0v) is 11.5. The minimum Gasteiger partial charge on any atom is -0.326 e. The van der Waals surface area contributed by atoms with Crippen LogP contribution in [-0.4, -0.2) is 10.8 Å². The van der Waals surface area contributed by atoms with E-state index in [1.54, 1.807) is 12.1 Å². The fourth-order valence-electron chi connectivity index (χ4n) is 2.43. The van der Waals surface area contributed by atoms with Crippen LogP contribution >= 0.6 is 0 Å². The Labute approximate surface area is 117 Å². The summed E-state index contributed by atoms with van der Waals surface area (Å²) in [5.74, 6) is 0.194. The first-order valence-electron chi connectivity index (χ1n) is 6.84. The lowest BCUT2D eigenvalue weighted by atomic mass is 10.0. The number of nitrogens with one attached hydrogen (secondary N) is 1. The van der Waals surface area contributed by atoms with Crippen molar-refractivity contribution < 1.29 is 9.72 Å². The number of aryl methyl sites for hydroxylation is 1. The van der Waals surface area contributed by atoms with Gasteiger partial charge in [-0.05, 0) is 31.2 Å². The van der Waals surface area contributed by atoms with Crippen molar-refractivity contribution in [3.63, 3.8) is 0 Å². The number of anilines is 1. The predicted octanol–water partition coefficient (Wildman–Crippen LogP) is 3.45. The van der Waals surface area contributed by atoms with Crippen LogP contribution in [0.3, 0.4) is 0 Å². The van der Waals surface area contributed by atoms with Gasteiger partial charge in [-0.1, -0.05) is 25.1 Å². The topological polar surface area (TPSA) is 72.2 Å². The van der Waals surface area contributed by atoms with Crippen LogP contribution in [0.25, 0.3) is 0 Å². The molecule has 20 heavy (non-hydrogen) atoms. The smallest absolute Gasteiger partial charge is 0.274 e. The average molecular weight is 274 g/mol. The first-order chi connectivity index (χ1) is 9.60. The Balaban J connectivity index is 2.05. The minimum absolute atomic E-state index is 0.0612. The van der Waals surface area contributed by atoms with Gasteiger partial charge in [-0.25, -0.2) is 0 Å². The second-order valence-corrected chi connectivity index (χ2v) is 4.97. The third-order valence-electron chi connectivity index (χ3n) is 3.51. The number of carbonyl (C=O) groups excluding carboxylic acids is 1. The number of amides is 1. The van der Waals surface area contributed by atoms with E-state index in [1.165, 1.54) is 6.07 Å². The van der Waals surface area contributed by atoms with Crippen LogP contribution < -0.4 is 5.32 Å². The molecule has 1 N–H and O–H groups in total. The first kappa shape index (κ1) is 14.2. The van der Waals surface area contributed by atoms with E-state index in [1.807, 2.05) is 6.92 Å². The summed E-state index contributed by atoms with van der Waals surface area (Å²) in [6, 6.07) is 4.85. The molecule has 1 aliphatic carbocycles. The van der Waals surface area contributed by atoms with Gasteiger partial charge >= 0.3 is 0 Å². The standard InChI is InChI=1S/C15H18N2O3/c1-2-12-7-8-13(10-14(12)17(19)20)16-15(18)9-11-5-3-4-6-11/h3,5,7-8,10-11H,2,4,6,9H2,1H3,(H,16,18). The molecule has 0 aliphatic heterocycles. The minimum atomic E-state index is -0.409. The molecule has 0 heterocycles. The summed E-state index contributed by atoms with van der Waals surface area (Å²) in [6.07, 6.45) is 7.19. The van der Waals surface area contributed by atoms with E-state index < -0.39 is 4.92 Å². The summed E-state index contributed by atoms with van der Waals surface area (Å²) < 4.78 is 0. The van der Waals surface area contributed by atoms with Crippen molar-refractivity contribution in [3.05, 3.63) is 46.0 Å². The normalized spacial score (nSPS) is 17.1. The zero-order valence-electron chi connectivity index (χ0n) is 11.5. The molecular formula is C15H18N2O3. The number of nitro groups is 1. The van der Waals surface area contributed by atoms with E-state index in [4.69, 9.17) is 0 Å². The van der Waals surface area contributed by atoms with Crippen LogP contribution in [0.15, 0.2) is 30.4 Å². The van der Waals surface area contributed by atoms with Gasteiger partial charge in [0, 0.05) is 23.7 Å². The average Bonchev–Trinajstić information content (AvgIpc) is 2.91. The van der Waals surface area contributed by atoms with Crippen LogP contribution in [0.4, 0.5) is 11.4 Å². The van der Waals surface area contributed by atoms with Gasteiger partial charge in [0.25, 0.3) is 5.69 Å². The first-order valence-corrected chi connectivity index (χ1v) is 6.84. The third kappa shape index (κ3) is 3.44. The van der Waals surface area contributed by atoms with E-state index in [0.29, 0.717) is 30.0 Å². The van der Waals surface area contributed by atoms with Gasteiger partial charge in [0.05, 0.1) is 4.92 Å². The molecule has 1 amide bonds. The lowest BCUT2D eigenvalue weighted by molar-refractivity contribution is -0.385. The number of hydrogen-bond donors (Lipinski definition) is 1. The number of nitro benzene ring substituents is 1. The maximum Gasteiger partial charge on any atom is 0.274 e. The SMILES string of the molecule is CCc1ccc(NC(=O)CC2C=CCC2)cc1[N+](=O)[O-]. The van der Waals surface area contributed by atoms with E-state index in [2.05, 4.69) is 17.5 Å². The maximum atomic E-state index is 11.9. The summed E-state index contributed by atoms with van der Waals surface area (Å²) in [5, 5.41) is 13.7. The monoisotopic (exact) mass is 274 g/mol. The second kappa shape index (κ2) is 6.32. The number of hydrogen-bond acceptors (Lipinski definition) is 3. The molecule has 5 nitrogen and oxygen atoms in total. The fraction of sp³-hybridized carbons (Fsp3) is 0.400. The van der Waals surface area contributed by atoms with Crippen LogP contribution in [0.1, 0.15) is 31.7 Å². The van der Waals surface area contributed by atoms with Crippen molar-refractivity contribution >= 4 is 17.3 Å². The zero-order chi connectivity index (χ0) is 14.5. The highest BCUT2D eigenvalue weighted by molar-refractivity contribution is 5.91. The lowest BCUT2D eigenvalue weighted by Gasteiger charge is -2.09. The summed E-state index contributed by atoms with van der Waals surface area (Å²) in [6.45, 7) is 1.87. The molecule has 0 aromatic heterocycles. The molecule has 0 radical (unpaired) electrons. The summed E-state index contributed by atoms with van der Waals surface area (Å²) in [4.78, 5) is 22.5. The summed E-state index contributed by atoms with van der Waals surface area (Å²) >= 11 is 0. The largest absolute Gasteiger partial charge is 0.326 e. The molecule has 0 saturated carbocycles.